The fraction of sp³-hybridized carbons (Fsp3) is 0.524. The molecular weight excluding hydrogens is 468 g/mol. The third kappa shape index (κ3) is 7.86. The van der Waals surface area contributed by atoms with Crippen LogP contribution in [0.4, 0.5) is 23.2 Å². The second kappa shape index (κ2) is 11.2. The molecule has 7 nitrogen and oxygen atoms in total. The number of allylic oxidation sites excluding steroid dienone is 1. The van der Waals surface area contributed by atoms with Gasteiger partial charge in [0.15, 0.2) is 0 Å². The monoisotopic (exact) mass is 492 g/mol. The number of carbonyl (C=O) groups excluding carboxylic acids is 1. The van der Waals surface area contributed by atoms with Gasteiger partial charge in [-0.2, -0.15) is 0 Å². The largest absolute Gasteiger partial charge is 0.522 e. The maximum absolute atomic E-state index is 13.5. The number of hydrogen-bond acceptors (Lipinski definition) is 6. The molecule has 1 aliphatic heterocycles. The summed E-state index contributed by atoms with van der Waals surface area (Å²) in [4.78, 5) is 14.1. The number of hydrogen-bond donors (Lipinski definition) is 3. The van der Waals surface area contributed by atoms with Gasteiger partial charge in [0.2, 0.25) is 5.91 Å². The highest BCUT2D eigenvalue weighted by Gasteiger charge is 2.40. The van der Waals surface area contributed by atoms with E-state index in [2.05, 4.69) is 15.4 Å². The van der Waals surface area contributed by atoms with Crippen LogP contribution in [-0.2, 0) is 14.3 Å². The summed E-state index contributed by atoms with van der Waals surface area (Å²) in [7, 11) is 0. The smallest absolute Gasteiger partial charge is 0.369 e. The number of nitrogens with zero attached hydrogens (tertiary/aromatic N) is 1. The maximum atomic E-state index is 13.5. The Hall–Kier alpha value is -2.37. The van der Waals surface area contributed by atoms with Crippen molar-refractivity contribution < 1.29 is 31.8 Å². The highest BCUT2D eigenvalue weighted by molar-refractivity contribution is 6.30. The summed E-state index contributed by atoms with van der Waals surface area (Å²) in [5.74, 6) is -0.860. The molecule has 1 saturated carbocycles. The Balaban J connectivity index is 1.36. The SMILES string of the molecule is N=C/C(=C\Nc1ccc(Cl)c(F)c1)N1CCC(NC(=O)COC2CC(OC(F)(F)F)C2)CC1. The Morgan fingerprint density at radius 2 is 1.94 bits per heavy atom. The van der Waals surface area contributed by atoms with Crippen molar-refractivity contribution in [3.05, 3.63) is 40.9 Å². The molecule has 0 aromatic heterocycles. The number of nitrogens with one attached hydrogen (secondary N) is 3. The zero-order chi connectivity index (χ0) is 24.0. The highest BCUT2D eigenvalue weighted by atomic mass is 35.5. The number of anilines is 1. The Bertz CT molecular complexity index is 870. The number of ether oxygens (including phenoxy) is 2. The number of rotatable bonds is 9. The molecule has 1 saturated heterocycles. The van der Waals surface area contributed by atoms with Gasteiger partial charge < -0.3 is 25.7 Å². The number of piperidine rings is 1. The molecule has 0 spiro atoms. The van der Waals surface area contributed by atoms with Crippen LogP contribution < -0.4 is 10.6 Å². The molecule has 1 amide bonds. The molecule has 0 atom stereocenters. The van der Waals surface area contributed by atoms with Gasteiger partial charge in [-0.1, -0.05) is 11.6 Å². The summed E-state index contributed by atoms with van der Waals surface area (Å²) < 4.78 is 59.1. The van der Waals surface area contributed by atoms with Gasteiger partial charge in [0.1, 0.15) is 12.4 Å². The molecule has 1 aromatic rings. The fourth-order valence-electron chi connectivity index (χ4n) is 3.65. The normalized spacial score (nSPS) is 22.0. The van der Waals surface area contributed by atoms with Crippen molar-refractivity contribution >= 4 is 29.4 Å². The Labute approximate surface area is 193 Å². The third-order valence-corrected chi connectivity index (χ3v) is 5.79. The van der Waals surface area contributed by atoms with Crippen molar-refractivity contribution in [3.8, 4) is 0 Å². The molecule has 3 rings (SSSR count). The summed E-state index contributed by atoms with van der Waals surface area (Å²) in [6.45, 7) is 0.988. The van der Waals surface area contributed by atoms with Gasteiger partial charge in [-0.3, -0.25) is 9.53 Å². The molecule has 0 bridgehead atoms. The lowest BCUT2D eigenvalue weighted by Crippen LogP contribution is -2.47. The zero-order valence-electron chi connectivity index (χ0n) is 17.6. The van der Waals surface area contributed by atoms with Crippen molar-refractivity contribution in [1.82, 2.24) is 10.2 Å². The summed E-state index contributed by atoms with van der Waals surface area (Å²) in [5.41, 5.74) is 1.11. The van der Waals surface area contributed by atoms with E-state index >= 15 is 0 Å². The highest BCUT2D eigenvalue weighted by Crippen LogP contribution is 2.32. The van der Waals surface area contributed by atoms with Gasteiger partial charge in [-0.05, 0) is 31.0 Å². The lowest BCUT2D eigenvalue weighted by atomic mass is 9.92. The van der Waals surface area contributed by atoms with Crippen LogP contribution in [0.15, 0.2) is 30.1 Å². The molecule has 1 aromatic carbocycles. The van der Waals surface area contributed by atoms with E-state index in [1.54, 1.807) is 12.3 Å². The summed E-state index contributed by atoms with van der Waals surface area (Å²) in [6, 6.07) is 4.26. The quantitative estimate of drug-likeness (QED) is 0.358. The molecule has 182 valence electrons. The number of halogens is 5. The molecule has 33 heavy (non-hydrogen) atoms. The maximum Gasteiger partial charge on any atom is 0.522 e. The first kappa shape index (κ1) is 25.3. The molecule has 1 aliphatic carbocycles. The van der Waals surface area contributed by atoms with Crippen LogP contribution in [0.3, 0.4) is 0 Å². The van der Waals surface area contributed by atoms with Crippen LogP contribution in [0.5, 0.6) is 0 Å². The van der Waals surface area contributed by atoms with E-state index in [1.807, 2.05) is 4.90 Å². The molecule has 2 aliphatic rings. The number of amides is 1. The van der Waals surface area contributed by atoms with Crippen LogP contribution in [-0.4, -0.2) is 61.3 Å². The van der Waals surface area contributed by atoms with E-state index in [-0.39, 0.29) is 36.4 Å². The first-order chi connectivity index (χ1) is 15.6. The Kier molecular flexibility index (Phi) is 8.55. The topological polar surface area (TPSA) is 86.7 Å². The average molecular weight is 493 g/mol. The van der Waals surface area contributed by atoms with Crippen LogP contribution in [0.1, 0.15) is 25.7 Å². The van der Waals surface area contributed by atoms with E-state index < -0.39 is 24.4 Å². The molecule has 3 N–H and O–H groups in total. The van der Waals surface area contributed by atoms with E-state index in [9.17, 15) is 22.4 Å². The number of alkyl halides is 3. The third-order valence-electron chi connectivity index (χ3n) is 5.48. The molecular formula is C21H25ClF4N4O3. The number of likely N-dealkylation sites (tertiary alicyclic amines) is 1. The standard InChI is InChI=1S/C21H25ClF4N4O3/c22-18-2-1-14(7-19(18)23)28-11-15(10-27)30-5-3-13(4-6-30)29-20(31)12-32-16-8-17(9-16)33-21(24,25)26/h1-2,7,10-11,13,16-17,27-28H,3-6,8-9,12H2,(H,29,31)/b15-11+,27-10?. The molecule has 0 radical (unpaired) electrons. The van der Waals surface area contributed by atoms with Gasteiger partial charge in [-0.25, -0.2) is 4.39 Å². The summed E-state index contributed by atoms with van der Waals surface area (Å²) >= 11 is 5.67. The minimum Gasteiger partial charge on any atom is -0.369 e. The Morgan fingerprint density at radius 3 is 2.55 bits per heavy atom. The van der Waals surface area contributed by atoms with Gasteiger partial charge in [0.05, 0.1) is 22.9 Å². The second-order valence-corrected chi connectivity index (χ2v) is 8.31. The van der Waals surface area contributed by atoms with E-state index in [4.69, 9.17) is 21.7 Å². The summed E-state index contributed by atoms with van der Waals surface area (Å²) in [6.07, 6.45) is -1.65. The number of benzene rings is 1. The first-order valence-electron chi connectivity index (χ1n) is 10.5. The van der Waals surface area contributed by atoms with Gasteiger partial charge >= 0.3 is 6.36 Å². The fourth-order valence-corrected chi connectivity index (χ4v) is 3.77. The lowest BCUT2D eigenvalue weighted by molar-refractivity contribution is -0.357. The van der Waals surface area contributed by atoms with E-state index in [1.165, 1.54) is 18.3 Å². The van der Waals surface area contributed by atoms with Crippen LogP contribution in [0.2, 0.25) is 5.02 Å². The van der Waals surface area contributed by atoms with Crippen molar-refractivity contribution in [1.29, 1.82) is 5.41 Å². The second-order valence-electron chi connectivity index (χ2n) is 7.91. The van der Waals surface area contributed by atoms with E-state index in [0.29, 0.717) is 37.3 Å². The average Bonchev–Trinajstić information content (AvgIpc) is 2.73. The lowest BCUT2D eigenvalue weighted by Gasteiger charge is -2.36. The zero-order valence-corrected chi connectivity index (χ0v) is 18.4. The predicted octanol–water partition coefficient (Wildman–Crippen LogP) is 4.05. The summed E-state index contributed by atoms with van der Waals surface area (Å²) in [5, 5.41) is 13.5. The van der Waals surface area contributed by atoms with Crippen molar-refractivity contribution in [3.63, 3.8) is 0 Å². The molecule has 12 heteroatoms. The number of carbonyl (C=O) groups is 1. The minimum atomic E-state index is -4.65. The van der Waals surface area contributed by atoms with Crippen molar-refractivity contribution in [2.75, 3.05) is 25.0 Å². The minimum absolute atomic E-state index is 0.0266. The van der Waals surface area contributed by atoms with Gasteiger partial charge in [-0.15, -0.1) is 13.2 Å². The molecule has 2 fully saturated rings. The van der Waals surface area contributed by atoms with E-state index in [0.717, 1.165) is 0 Å². The first-order valence-corrected chi connectivity index (χ1v) is 10.8. The van der Waals surface area contributed by atoms with Crippen LogP contribution in [0.25, 0.3) is 0 Å². The van der Waals surface area contributed by atoms with Crippen molar-refractivity contribution in [2.24, 2.45) is 0 Å². The molecule has 1 heterocycles. The van der Waals surface area contributed by atoms with Gasteiger partial charge in [0, 0.05) is 50.1 Å². The predicted molar refractivity (Wildman–Crippen MR) is 115 cm³/mol. The molecule has 0 unspecified atom stereocenters. The van der Waals surface area contributed by atoms with Gasteiger partial charge in [0.25, 0.3) is 0 Å². The van der Waals surface area contributed by atoms with Crippen molar-refractivity contribution in [2.45, 2.75) is 50.3 Å². The Morgan fingerprint density at radius 1 is 1.24 bits per heavy atom. The van der Waals surface area contributed by atoms with Crippen LogP contribution >= 0.6 is 11.6 Å². The van der Waals surface area contributed by atoms with Crippen LogP contribution in [0, 0.1) is 11.2 Å².